The van der Waals surface area contributed by atoms with Gasteiger partial charge in [0.2, 0.25) is 5.91 Å². The van der Waals surface area contributed by atoms with Crippen LogP contribution in [-0.4, -0.2) is 11.8 Å². The predicted molar refractivity (Wildman–Crippen MR) is 82.8 cm³/mol. The molecule has 0 aromatic heterocycles. The lowest BCUT2D eigenvalue weighted by Gasteiger charge is -2.13. The third kappa shape index (κ3) is 4.23. The Bertz CT molecular complexity index is 533. The van der Waals surface area contributed by atoms with Crippen LogP contribution in [0.2, 0.25) is 0 Å². The topological polar surface area (TPSA) is 58.2 Å². The smallest absolute Gasteiger partial charge is 0.250 e. The molecule has 0 heterocycles. The summed E-state index contributed by atoms with van der Waals surface area (Å²) >= 11 is 0. The third-order valence-electron chi connectivity index (χ3n) is 3.05. The highest BCUT2D eigenvalue weighted by molar-refractivity contribution is 6.04. The molecule has 4 heteroatoms. The summed E-state index contributed by atoms with van der Waals surface area (Å²) in [6, 6.07) is 5.47. The highest BCUT2D eigenvalue weighted by Crippen LogP contribution is 2.23. The predicted octanol–water partition coefficient (Wildman–Crippen LogP) is 3.64. The summed E-state index contributed by atoms with van der Waals surface area (Å²) in [7, 11) is 0. The number of allylic oxidation sites excluding steroid dienone is 1. The van der Waals surface area contributed by atoms with E-state index < -0.39 is 0 Å². The number of benzene rings is 1. The van der Waals surface area contributed by atoms with Crippen molar-refractivity contribution >= 4 is 23.2 Å². The number of hydrogen-bond donors (Lipinski definition) is 2. The second-order valence-corrected chi connectivity index (χ2v) is 4.63. The number of carbonyl (C=O) groups is 2. The van der Waals surface area contributed by atoms with Crippen molar-refractivity contribution in [1.29, 1.82) is 0 Å². The fourth-order valence-corrected chi connectivity index (χ4v) is 1.76. The van der Waals surface area contributed by atoms with Gasteiger partial charge < -0.3 is 10.6 Å². The Kier molecular flexibility index (Phi) is 5.97. The SMILES string of the molecule is CC/C=C(/C)C(=O)Nc1cccc(NC(=O)CC)c1C. The van der Waals surface area contributed by atoms with E-state index in [0.29, 0.717) is 17.7 Å². The van der Waals surface area contributed by atoms with Gasteiger partial charge in [0.1, 0.15) is 0 Å². The minimum atomic E-state index is -0.117. The Balaban J connectivity index is 2.92. The van der Waals surface area contributed by atoms with Crippen molar-refractivity contribution in [3.05, 3.63) is 35.4 Å². The number of nitrogens with one attached hydrogen (secondary N) is 2. The highest BCUT2D eigenvalue weighted by atomic mass is 16.2. The molecule has 108 valence electrons. The van der Waals surface area contributed by atoms with Gasteiger partial charge in [-0.25, -0.2) is 0 Å². The van der Waals surface area contributed by atoms with E-state index in [1.54, 1.807) is 13.8 Å². The van der Waals surface area contributed by atoms with Crippen molar-refractivity contribution < 1.29 is 9.59 Å². The van der Waals surface area contributed by atoms with Gasteiger partial charge in [0.25, 0.3) is 5.91 Å². The highest BCUT2D eigenvalue weighted by Gasteiger charge is 2.10. The first kappa shape index (κ1) is 16.0. The summed E-state index contributed by atoms with van der Waals surface area (Å²) in [6.45, 7) is 7.45. The standard InChI is InChI=1S/C16H22N2O2/c1-5-8-11(3)16(20)18-14-10-7-9-13(12(14)4)17-15(19)6-2/h7-10H,5-6H2,1-4H3,(H,17,19)(H,18,20)/b11-8-. The van der Waals surface area contributed by atoms with Gasteiger partial charge in [-0.3, -0.25) is 9.59 Å². The zero-order valence-corrected chi connectivity index (χ0v) is 12.5. The maximum absolute atomic E-state index is 12.0. The van der Waals surface area contributed by atoms with E-state index in [-0.39, 0.29) is 11.8 Å². The van der Waals surface area contributed by atoms with Gasteiger partial charge in [0.15, 0.2) is 0 Å². The van der Waals surface area contributed by atoms with Crippen LogP contribution < -0.4 is 10.6 Å². The van der Waals surface area contributed by atoms with Crippen LogP contribution in [-0.2, 0) is 9.59 Å². The van der Waals surface area contributed by atoms with Crippen molar-refractivity contribution in [3.8, 4) is 0 Å². The van der Waals surface area contributed by atoms with Crippen LogP contribution in [0.5, 0.6) is 0 Å². The summed E-state index contributed by atoms with van der Waals surface area (Å²) in [4.78, 5) is 23.4. The molecule has 20 heavy (non-hydrogen) atoms. The van der Waals surface area contributed by atoms with Crippen molar-refractivity contribution in [1.82, 2.24) is 0 Å². The molecule has 2 amide bonds. The molecule has 0 saturated carbocycles. The normalized spacial score (nSPS) is 11.1. The molecule has 0 fully saturated rings. The molecule has 0 bridgehead atoms. The zero-order chi connectivity index (χ0) is 15.1. The van der Waals surface area contributed by atoms with Crippen molar-refractivity contribution in [2.75, 3.05) is 10.6 Å². The second kappa shape index (κ2) is 7.48. The molecule has 4 nitrogen and oxygen atoms in total. The summed E-state index contributed by atoms with van der Waals surface area (Å²) in [5, 5.41) is 5.69. The lowest BCUT2D eigenvalue weighted by atomic mass is 10.1. The minimum Gasteiger partial charge on any atom is -0.326 e. The first-order valence-electron chi connectivity index (χ1n) is 6.87. The van der Waals surface area contributed by atoms with Crippen LogP contribution in [0.1, 0.15) is 39.2 Å². The quantitative estimate of drug-likeness (QED) is 0.805. The fraction of sp³-hybridized carbons (Fsp3) is 0.375. The van der Waals surface area contributed by atoms with Gasteiger partial charge >= 0.3 is 0 Å². The van der Waals surface area contributed by atoms with Crippen LogP contribution in [0, 0.1) is 6.92 Å². The molecule has 1 aromatic carbocycles. The van der Waals surface area contributed by atoms with E-state index in [9.17, 15) is 9.59 Å². The Morgan fingerprint density at radius 2 is 1.75 bits per heavy atom. The van der Waals surface area contributed by atoms with Gasteiger partial charge in [-0.15, -0.1) is 0 Å². The molecule has 0 spiro atoms. The van der Waals surface area contributed by atoms with E-state index in [4.69, 9.17) is 0 Å². The maximum Gasteiger partial charge on any atom is 0.250 e. The van der Waals surface area contributed by atoms with E-state index in [1.807, 2.05) is 38.1 Å². The van der Waals surface area contributed by atoms with Crippen molar-refractivity contribution in [2.24, 2.45) is 0 Å². The number of amides is 2. The summed E-state index contributed by atoms with van der Waals surface area (Å²) in [5.74, 6) is -0.160. The Hall–Kier alpha value is -2.10. The Morgan fingerprint density at radius 1 is 1.15 bits per heavy atom. The van der Waals surface area contributed by atoms with Crippen LogP contribution in [0.15, 0.2) is 29.8 Å². The number of rotatable bonds is 5. The number of anilines is 2. The monoisotopic (exact) mass is 274 g/mol. The minimum absolute atomic E-state index is 0.0429. The van der Waals surface area contributed by atoms with Gasteiger partial charge in [-0.05, 0) is 38.0 Å². The molecule has 1 aromatic rings. The first-order valence-corrected chi connectivity index (χ1v) is 6.87. The molecular weight excluding hydrogens is 252 g/mol. The molecule has 0 radical (unpaired) electrons. The van der Waals surface area contributed by atoms with Crippen LogP contribution in [0.3, 0.4) is 0 Å². The summed E-state index contributed by atoms with van der Waals surface area (Å²) in [5.41, 5.74) is 2.99. The van der Waals surface area contributed by atoms with Crippen LogP contribution >= 0.6 is 0 Å². The molecule has 0 aliphatic heterocycles. The van der Waals surface area contributed by atoms with Gasteiger partial charge in [-0.1, -0.05) is 26.0 Å². The van der Waals surface area contributed by atoms with E-state index in [1.165, 1.54) is 0 Å². The van der Waals surface area contributed by atoms with Crippen molar-refractivity contribution in [3.63, 3.8) is 0 Å². The molecule has 0 aliphatic carbocycles. The van der Waals surface area contributed by atoms with E-state index >= 15 is 0 Å². The molecule has 0 saturated heterocycles. The van der Waals surface area contributed by atoms with E-state index in [0.717, 1.165) is 17.7 Å². The van der Waals surface area contributed by atoms with Gasteiger partial charge in [-0.2, -0.15) is 0 Å². The third-order valence-corrected chi connectivity index (χ3v) is 3.05. The first-order chi connectivity index (χ1) is 9.49. The molecule has 2 N–H and O–H groups in total. The maximum atomic E-state index is 12.0. The molecule has 0 aliphatic rings. The van der Waals surface area contributed by atoms with Gasteiger partial charge in [0.05, 0.1) is 0 Å². The summed E-state index contributed by atoms with van der Waals surface area (Å²) < 4.78 is 0. The largest absolute Gasteiger partial charge is 0.326 e. The lowest BCUT2D eigenvalue weighted by molar-refractivity contribution is -0.116. The molecule has 0 unspecified atom stereocenters. The summed E-state index contributed by atoms with van der Waals surface area (Å²) in [6.07, 6.45) is 3.13. The molecular formula is C16H22N2O2. The van der Waals surface area contributed by atoms with E-state index in [2.05, 4.69) is 10.6 Å². The van der Waals surface area contributed by atoms with Crippen LogP contribution in [0.25, 0.3) is 0 Å². The average molecular weight is 274 g/mol. The molecule has 0 atom stereocenters. The number of carbonyl (C=O) groups excluding carboxylic acids is 2. The Morgan fingerprint density at radius 3 is 2.30 bits per heavy atom. The fourth-order valence-electron chi connectivity index (χ4n) is 1.76. The van der Waals surface area contributed by atoms with Crippen LogP contribution in [0.4, 0.5) is 11.4 Å². The van der Waals surface area contributed by atoms with Gasteiger partial charge in [0, 0.05) is 23.4 Å². The second-order valence-electron chi connectivity index (χ2n) is 4.63. The zero-order valence-electron chi connectivity index (χ0n) is 12.5. The van der Waals surface area contributed by atoms with Crippen molar-refractivity contribution in [2.45, 2.75) is 40.5 Å². The average Bonchev–Trinajstić information content (AvgIpc) is 2.43. The number of hydrogen-bond acceptors (Lipinski definition) is 2. The lowest BCUT2D eigenvalue weighted by Crippen LogP contribution is -2.15. The Labute approximate surface area is 120 Å². The molecule has 1 rings (SSSR count).